The molecule has 0 bridgehead atoms. The van der Waals surface area contributed by atoms with Crippen molar-refractivity contribution in [1.29, 1.82) is 0 Å². The van der Waals surface area contributed by atoms with Gasteiger partial charge < -0.3 is 14.4 Å². The van der Waals surface area contributed by atoms with Crippen LogP contribution >= 0.6 is 0 Å². The van der Waals surface area contributed by atoms with Crippen molar-refractivity contribution >= 4 is 22.5 Å². The number of aryl methyl sites for hydroxylation is 1. The summed E-state index contributed by atoms with van der Waals surface area (Å²) in [5.41, 5.74) is 1.58. The third-order valence-electron chi connectivity index (χ3n) is 3.94. The van der Waals surface area contributed by atoms with Crippen LogP contribution in [0.4, 0.5) is 5.69 Å². The number of ether oxygens (including phenoxy) is 1. The largest absolute Gasteiger partial charge is 0.497 e. The molecule has 0 fully saturated rings. The molecule has 6 heteroatoms. The van der Waals surface area contributed by atoms with Crippen LogP contribution in [-0.4, -0.2) is 22.7 Å². The van der Waals surface area contributed by atoms with Crippen molar-refractivity contribution in [2.24, 2.45) is 10.2 Å². The molecule has 0 aliphatic carbocycles. The fourth-order valence-corrected chi connectivity index (χ4v) is 2.71. The number of azo groups is 1. The maximum Gasteiger partial charge on any atom is 0.295 e. The number of rotatable bonds is 5. The van der Waals surface area contributed by atoms with Crippen LogP contribution in [0.25, 0.3) is 10.9 Å². The molecule has 0 radical (unpaired) electrons. The lowest BCUT2D eigenvalue weighted by molar-refractivity contribution is 0.0995. The molecular weight excluding hydrogens is 318 g/mol. The van der Waals surface area contributed by atoms with Crippen LogP contribution in [0.3, 0.4) is 0 Å². The molecule has 0 unspecified atom stereocenters. The Hall–Kier alpha value is -3.15. The highest BCUT2D eigenvalue weighted by Crippen LogP contribution is 2.38. The molecule has 0 saturated heterocycles. The van der Waals surface area contributed by atoms with Crippen molar-refractivity contribution in [3.8, 4) is 11.6 Å². The van der Waals surface area contributed by atoms with E-state index in [0.29, 0.717) is 23.5 Å². The van der Waals surface area contributed by atoms with E-state index in [-0.39, 0.29) is 5.88 Å². The maximum atomic E-state index is 12.2. The summed E-state index contributed by atoms with van der Waals surface area (Å²) in [5, 5.41) is 19.0. The third-order valence-corrected chi connectivity index (χ3v) is 3.94. The summed E-state index contributed by atoms with van der Waals surface area (Å²) in [5.74, 6) is 0.206. The van der Waals surface area contributed by atoms with Crippen LogP contribution in [0.1, 0.15) is 23.7 Å². The minimum absolute atomic E-state index is 0.0225. The molecule has 3 aromatic rings. The van der Waals surface area contributed by atoms with Crippen molar-refractivity contribution < 1.29 is 14.6 Å². The maximum absolute atomic E-state index is 12.2. The van der Waals surface area contributed by atoms with E-state index >= 15 is 0 Å². The summed E-state index contributed by atoms with van der Waals surface area (Å²) >= 11 is 0. The van der Waals surface area contributed by atoms with Crippen molar-refractivity contribution in [3.63, 3.8) is 0 Å². The Morgan fingerprint density at radius 1 is 1.16 bits per heavy atom. The van der Waals surface area contributed by atoms with Crippen LogP contribution in [-0.2, 0) is 6.54 Å². The molecule has 1 N–H and O–H groups in total. The third kappa shape index (κ3) is 3.24. The molecule has 25 heavy (non-hydrogen) atoms. The Labute approximate surface area is 145 Å². The number of aromatic hydroxyl groups is 1. The zero-order valence-electron chi connectivity index (χ0n) is 14.1. The molecule has 1 aromatic heterocycles. The van der Waals surface area contributed by atoms with Crippen LogP contribution in [0.2, 0.25) is 0 Å². The van der Waals surface area contributed by atoms with Gasteiger partial charge in [-0.1, -0.05) is 25.1 Å². The zero-order valence-corrected chi connectivity index (χ0v) is 14.1. The fourth-order valence-electron chi connectivity index (χ4n) is 2.71. The van der Waals surface area contributed by atoms with Crippen LogP contribution in [0.5, 0.6) is 11.6 Å². The fraction of sp³-hybridized carbons (Fsp3) is 0.211. The van der Waals surface area contributed by atoms with E-state index in [1.165, 1.54) is 0 Å². The average Bonchev–Trinajstić information content (AvgIpc) is 2.92. The van der Waals surface area contributed by atoms with Gasteiger partial charge in [-0.05, 0) is 36.8 Å². The molecule has 0 aliphatic rings. The van der Waals surface area contributed by atoms with E-state index in [0.717, 1.165) is 17.3 Å². The molecule has 0 atom stereocenters. The quantitative estimate of drug-likeness (QED) is 0.686. The summed E-state index contributed by atoms with van der Waals surface area (Å²) < 4.78 is 6.85. The number of benzene rings is 2. The lowest BCUT2D eigenvalue weighted by atomic mass is 10.2. The Morgan fingerprint density at radius 3 is 2.56 bits per heavy atom. The molecule has 128 valence electrons. The van der Waals surface area contributed by atoms with Gasteiger partial charge >= 0.3 is 0 Å². The highest BCUT2D eigenvalue weighted by molar-refractivity contribution is 5.97. The topological polar surface area (TPSA) is 76.2 Å². The SMILES string of the molecule is CCCn1c(O)c(N=NC(=O)c2ccc(OC)cc2)c2ccccc21. The van der Waals surface area contributed by atoms with E-state index in [2.05, 4.69) is 10.2 Å². The first kappa shape index (κ1) is 16.7. The predicted octanol–water partition coefficient (Wildman–Crippen LogP) is 4.69. The molecule has 0 saturated carbocycles. The number of hydrogen-bond acceptors (Lipinski definition) is 4. The van der Waals surface area contributed by atoms with Crippen molar-refractivity contribution in [1.82, 2.24) is 4.57 Å². The van der Waals surface area contributed by atoms with E-state index < -0.39 is 5.91 Å². The predicted molar refractivity (Wildman–Crippen MR) is 95.7 cm³/mol. The van der Waals surface area contributed by atoms with Gasteiger partial charge in [-0.3, -0.25) is 4.79 Å². The van der Waals surface area contributed by atoms with E-state index in [1.54, 1.807) is 35.9 Å². The monoisotopic (exact) mass is 337 g/mol. The molecule has 1 amide bonds. The standard InChI is InChI=1S/C19H19N3O3/c1-3-12-22-16-7-5-4-6-15(16)17(19(22)24)20-21-18(23)13-8-10-14(25-2)11-9-13/h4-11,24H,3,12H2,1-2H3. The number of carbonyl (C=O) groups excluding carboxylic acids is 1. The van der Waals surface area contributed by atoms with Gasteiger partial charge in [-0.2, -0.15) is 0 Å². The van der Waals surface area contributed by atoms with Crippen LogP contribution < -0.4 is 4.74 Å². The summed E-state index contributed by atoms with van der Waals surface area (Å²) in [4.78, 5) is 12.2. The van der Waals surface area contributed by atoms with Crippen molar-refractivity contribution in [2.45, 2.75) is 19.9 Å². The van der Waals surface area contributed by atoms with Crippen LogP contribution in [0, 0.1) is 0 Å². The zero-order chi connectivity index (χ0) is 17.8. The molecule has 2 aromatic carbocycles. The van der Waals surface area contributed by atoms with Gasteiger partial charge in [0.2, 0.25) is 5.88 Å². The number of para-hydroxylation sites is 1. The minimum atomic E-state index is -0.477. The van der Waals surface area contributed by atoms with Crippen molar-refractivity contribution in [3.05, 3.63) is 54.1 Å². The lowest BCUT2D eigenvalue weighted by Crippen LogP contribution is -1.95. The Kier molecular flexibility index (Phi) is 4.79. The summed E-state index contributed by atoms with van der Waals surface area (Å²) in [6.07, 6.45) is 0.869. The van der Waals surface area contributed by atoms with Gasteiger partial charge in [0, 0.05) is 17.5 Å². The number of methoxy groups -OCH3 is 1. The van der Waals surface area contributed by atoms with Gasteiger partial charge in [0.05, 0.1) is 12.6 Å². The molecule has 1 heterocycles. The number of aromatic nitrogens is 1. The second kappa shape index (κ2) is 7.17. The highest BCUT2D eigenvalue weighted by Gasteiger charge is 2.16. The number of hydrogen-bond donors (Lipinski definition) is 1. The summed E-state index contributed by atoms with van der Waals surface area (Å²) in [6, 6.07) is 14.2. The van der Waals surface area contributed by atoms with Gasteiger partial charge in [0.1, 0.15) is 5.75 Å². The van der Waals surface area contributed by atoms with Gasteiger partial charge in [-0.25, -0.2) is 0 Å². The Morgan fingerprint density at radius 2 is 1.88 bits per heavy atom. The number of carbonyl (C=O) groups is 1. The minimum Gasteiger partial charge on any atom is -0.497 e. The average molecular weight is 337 g/mol. The van der Waals surface area contributed by atoms with E-state index in [9.17, 15) is 9.90 Å². The Bertz CT molecular complexity index is 927. The van der Waals surface area contributed by atoms with E-state index in [1.807, 2.05) is 31.2 Å². The number of nitrogens with zero attached hydrogens (tertiary/aromatic N) is 3. The summed E-state index contributed by atoms with van der Waals surface area (Å²) in [6.45, 7) is 2.69. The molecule has 0 aliphatic heterocycles. The van der Waals surface area contributed by atoms with Crippen molar-refractivity contribution in [2.75, 3.05) is 7.11 Å². The number of fused-ring (bicyclic) bond motifs is 1. The van der Waals surface area contributed by atoms with E-state index in [4.69, 9.17) is 4.74 Å². The molecule has 6 nitrogen and oxygen atoms in total. The first-order valence-electron chi connectivity index (χ1n) is 8.06. The first-order valence-corrected chi connectivity index (χ1v) is 8.06. The Balaban J connectivity index is 1.95. The lowest BCUT2D eigenvalue weighted by Gasteiger charge is -2.03. The second-order valence-corrected chi connectivity index (χ2v) is 5.57. The van der Waals surface area contributed by atoms with Gasteiger partial charge in [0.15, 0.2) is 5.69 Å². The van der Waals surface area contributed by atoms with Crippen LogP contribution in [0.15, 0.2) is 58.8 Å². The smallest absolute Gasteiger partial charge is 0.295 e. The first-order chi connectivity index (χ1) is 12.2. The highest BCUT2D eigenvalue weighted by atomic mass is 16.5. The molecule has 0 spiro atoms. The second-order valence-electron chi connectivity index (χ2n) is 5.57. The number of amides is 1. The summed E-state index contributed by atoms with van der Waals surface area (Å²) in [7, 11) is 1.56. The normalized spacial score (nSPS) is 11.3. The molecular formula is C19H19N3O3. The molecule has 3 rings (SSSR count). The van der Waals surface area contributed by atoms with Gasteiger partial charge in [0.25, 0.3) is 5.91 Å². The van der Waals surface area contributed by atoms with Gasteiger partial charge in [-0.15, -0.1) is 10.2 Å².